The van der Waals surface area contributed by atoms with Crippen molar-refractivity contribution >= 4 is 34.1 Å². The summed E-state index contributed by atoms with van der Waals surface area (Å²) in [6, 6.07) is 12.7. The van der Waals surface area contributed by atoms with E-state index in [9.17, 15) is 9.90 Å². The molecule has 174 valence electrons. The highest BCUT2D eigenvalue weighted by atomic mass is 16.3. The van der Waals surface area contributed by atoms with E-state index in [0.717, 1.165) is 68.7 Å². The van der Waals surface area contributed by atoms with Crippen LogP contribution in [0.4, 0.5) is 17.5 Å². The molecule has 0 unspecified atom stereocenters. The second kappa shape index (κ2) is 10.5. The van der Waals surface area contributed by atoms with E-state index >= 15 is 0 Å². The van der Waals surface area contributed by atoms with Crippen molar-refractivity contribution in [2.24, 2.45) is 0 Å². The first-order valence-corrected chi connectivity index (χ1v) is 11.7. The zero-order valence-electron chi connectivity index (χ0n) is 19.3. The Morgan fingerprint density at radius 3 is 2.55 bits per heavy atom. The fourth-order valence-corrected chi connectivity index (χ4v) is 4.17. The number of phenolic OH excluding ortho intramolecular Hbond substituents is 1. The molecule has 1 fully saturated rings. The van der Waals surface area contributed by atoms with Gasteiger partial charge in [0, 0.05) is 56.8 Å². The molecule has 8 heteroatoms. The largest absolute Gasteiger partial charge is 0.508 e. The molecule has 4 rings (SSSR count). The van der Waals surface area contributed by atoms with Crippen molar-refractivity contribution < 1.29 is 9.90 Å². The van der Waals surface area contributed by atoms with Gasteiger partial charge in [-0.1, -0.05) is 38.1 Å². The number of amides is 1. The number of rotatable bonds is 8. The highest BCUT2D eigenvalue weighted by molar-refractivity contribution is 6.09. The van der Waals surface area contributed by atoms with Gasteiger partial charge in [0.25, 0.3) is 5.91 Å². The fraction of sp³-hybridized carbons (Fsp3) is 0.400. The highest BCUT2D eigenvalue weighted by Crippen LogP contribution is 2.29. The van der Waals surface area contributed by atoms with Gasteiger partial charge in [0.15, 0.2) is 0 Å². The molecule has 0 radical (unpaired) electrons. The number of anilines is 3. The number of hydrogen-bond acceptors (Lipinski definition) is 7. The highest BCUT2D eigenvalue weighted by Gasteiger charge is 2.20. The number of benzene rings is 2. The molecule has 0 atom stereocenters. The van der Waals surface area contributed by atoms with E-state index < -0.39 is 0 Å². The van der Waals surface area contributed by atoms with Crippen molar-refractivity contribution in [1.82, 2.24) is 15.3 Å². The standard InChI is InChI=1S/C25H32N6O2/c1-3-11-30(12-4-2)23-17-22(28-25(29-23)31-13-9-26-10-14-31)24(33)27-21-16-19(32)15-18-7-5-6-8-20(18)21/h5-8,15-17,26,32H,3-4,9-14H2,1-2H3,(H,27,33). The predicted molar refractivity (Wildman–Crippen MR) is 133 cm³/mol. The number of carbonyl (C=O) groups is 1. The average molecular weight is 449 g/mol. The van der Waals surface area contributed by atoms with E-state index in [0.29, 0.717) is 17.3 Å². The molecule has 2 heterocycles. The lowest BCUT2D eigenvalue weighted by Crippen LogP contribution is -2.44. The van der Waals surface area contributed by atoms with Crippen LogP contribution in [0.2, 0.25) is 0 Å². The molecule has 1 saturated heterocycles. The van der Waals surface area contributed by atoms with Gasteiger partial charge in [-0.15, -0.1) is 0 Å². The Morgan fingerprint density at radius 1 is 1.09 bits per heavy atom. The summed E-state index contributed by atoms with van der Waals surface area (Å²) < 4.78 is 0. The lowest BCUT2D eigenvalue weighted by Gasteiger charge is -2.29. The van der Waals surface area contributed by atoms with E-state index in [-0.39, 0.29) is 11.7 Å². The Bertz CT molecular complexity index is 1110. The summed E-state index contributed by atoms with van der Waals surface area (Å²) in [5.74, 6) is 1.13. The third kappa shape index (κ3) is 5.34. The first-order valence-electron chi connectivity index (χ1n) is 11.7. The molecule has 0 aliphatic carbocycles. The zero-order chi connectivity index (χ0) is 23.2. The molecule has 1 aliphatic heterocycles. The second-order valence-corrected chi connectivity index (χ2v) is 8.30. The minimum Gasteiger partial charge on any atom is -0.508 e. The Morgan fingerprint density at radius 2 is 1.82 bits per heavy atom. The van der Waals surface area contributed by atoms with Crippen LogP contribution in [0.3, 0.4) is 0 Å². The summed E-state index contributed by atoms with van der Waals surface area (Å²) in [7, 11) is 0. The minimum absolute atomic E-state index is 0.103. The van der Waals surface area contributed by atoms with Crippen LogP contribution in [0.25, 0.3) is 10.8 Å². The third-order valence-corrected chi connectivity index (χ3v) is 5.74. The number of hydrogen-bond donors (Lipinski definition) is 3. The summed E-state index contributed by atoms with van der Waals surface area (Å²) >= 11 is 0. The van der Waals surface area contributed by atoms with Crippen LogP contribution in [-0.2, 0) is 0 Å². The normalized spacial score (nSPS) is 13.8. The Hall–Kier alpha value is -3.39. The lowest BCUT2D eigenvalue weighted by molar-refractivity contribution is 0.102. The van der Waals surface area contributed by atoms with Gasteiger partial charge in [-0.2, -0.15) is 4.98 Å². The van der Waals surface area contributed by atoms with E-state index in [1.807, 2.05) is 24.3 Å². The summed E-state index contributed by atoms with van der Waals surface area (Å²) in [6.07, 6.45) is 1.98. The van der Waals surface area contributed by atoms with Crippen molar-refractivity contribution in [3.8, 4) is 5.75 Å². The van der Waals surface area contributed by atoms with Crippen molar-refractivity contribution in [2.45, 2.75) is 26.7 Å². The Labute approximate surface area is 194 Å². The number of phenols is 1. The van der Waals surface area contributed by atoms with E-state index in [1.54, 1.807) is 18.2 Å². The molecule has 3 aromatic rings. The topological polar surface area (TPSA) is 93.6 Å². The lowest BCUT2D eigenvalue weighted by atomic mass is 10.1. The van der Waals surface area contributed by atoms with Gasteiger partial charge in [-0.25, -0.2) is 4.98 Å². The minimum atomic E-state index is -0.321. The maximum atomic E-state index is 13.4. The SMILES string of the molecule is CCCN(CCC)c1cc(C(=O)Nc2cc(O)cc3ccccc23)nc(N2CCNCC2)n1. The molecule has 3 N–H and O–H groups in total. The molecule has 1 amide bonds. The number of aromatic hydroxyl groups is 1. The molecule has 1 aromatic heterocycles. The maximum absolute atomic E-state index is 13.4. The first kappa shape index (κ1) is 22.8. The van der Waals surface area contributed by atoms with Gasteiger partial charge in [0.2, 0.25) is 5.95 Å². The molecule has 1 aliphatic rings. The summed E-state index contributed by atoms with van der Waals surface area (Å²) in [4.78, 5) is 27.2. The molecule has 8 nitrogen and oxygen atoms in total. The molecule has 0 saturated carbocycles. The number of carbonyl (C=O) groups excluding carboxylic acids is 1. The van der Waals surface area contributed by atoms with E-state index in [2.05, 4.69) is 39.3 Å². The smallest absolute Gasteiger partial charge is 0.274 e. The molecule has 2 aromatic carbocycles. The molecule has 33 heavy (non-hydrogen) atoms. The van der Waals surface area contributed by atoms with Crippen LogP contribution in [0, 0.1) is 0 Å². The predicted octanol–water partition coefficient (Wildman–Crippen LogP) is 3.62. The molecular weight excluding hydrogens is 416 g/mol. The summed E-state index contributed by atoms with van der Waals surface area (Å²) in [6.45, 7) is 9.32. The number of nitrogens with one attached hydrogen (secondary N) is 2. The van der Waals surface area contributed by atoms with Crippen LogP contribution in [0.5, 0.6) is 5.75 Å². The maximum Gasteiger partial charge on any atom is 0.274 e. The third-order valence-electron chi connectivity index (χ3n) is 5.74. The summed E-state index contributed by atoms with van der Waals surface area (Å²) in [5, 5.41) is 18.2. The summed E-state index contributed by atoms with van der Waals surface area (Å²) in [5.41, 5.74) is 0.872. The quantitative estimate of drug-likeness (QED) is 0.485. The molecule has 0 spiro atoms. The van der Waals surface area contributed by atoms with Gasteiger partial charge in [0.05, 0.1) is 5.69 Å². The van der Waals surface area contributed by atoms with Gasteiger partial charge in [0.1, 0.15) is 17.3 Å². The Kier molecular flexibility index (Phi) is 7.24. The first-order chi connectivity index (χ1) is 16.1. The van der Waals surface area contributed by atoms with Gasteiger partial charge in [-0.05, 0) is 24.3 Å². The van der Waals surface area contributed by atoms with Crippen molar-refractivity contribution in [3.05, 3.63) is 48.2 Å². The monoisotopic (exact) mass is 448 g/mol. The molecular formula is C25H32N6O2. The Balaban J connectivity index is 1.71. The van der Waals surface area contributed by atoms with Crippen LogP contribution in [0.15, 0.2) is 42.5 Å². The average Bonchev–Trinajstić information content (AvgIpc) is 2.84. The number of nitrogens with zero attached hydrogens (tertiary/aromatic N) is 4. The van der Waals surface area contributed by atoms with Crippen molar-refractivity contribution in [2.75, 3.05) is 54.4 Å². The van der Waals surface area contributed by atoms with Crippen LogP contribution >= 0.6 is 0 Å². The van der Waals surface area contributed by atoms with E-state index in [4.69, 9.17) is 4.98 Å². The van der Waals surface area contributed by atoms with Gasteiger partial charge >= 0.3 is 0 Å². The van der Waals surface area contributed by atoms with Gasteiger partial charge in [-0.3, -0.25) is 4.79 Å². The number of fused-ring (bicyclic) bond motifs is 1. The van der Waals surface area contributed by atoms with Crippen LogP contribution in [0.1, 0.15) is 37.2 Å². The van der Waals surface area contributed by atoms with Crippen molar-refractivity contribution in [3.63, 3.8) is 0 Å². The zero-order valence-corrected chi connectivity index (χ0v) is 19.3. The molecule has 0 bridgehead atoms. The van der Waals surface area contributed by atoms with Crippen LogP contribution < -0.4 is 20.4 Å². The number of piperazine rings is 1. The fourth-order valence-electron chi connectivity index (χ4n) is 4.17. The number of aromatic nitrogens is 2. The van der Waals surface area contributed by atoms with E-state index in [1.165, 1.54) is 0 Å². The van der Waals surface area contributed by atoms with Gasteiger partial charge < -0.3 is 25.5 Å². The second-order valence-electron chi connectivity index (χ2n) is 8.30. The van der Waals surface area contributed by atoms with Crippen LogP contribution in [-0.4, -0.2) is 60.3 Å². The van der Waals surface area contributed by atoms with Crippen molar-refractivity contribution in [1.29, 1.82) is 0 Å².